The maximum Gasteiger partial charge on any atom is 0.271 e. The summed E-state index contributed by atoms with van der Waals surface area (Å²) in [4.78, 5) is 21.8. The largest absolute Gasteiger partial charge is 0.396 e. The predicted molar refractivity (Wildman–Crippen MR) is 84.4 cm³/mol. The fraction of sp³-hybridized carbons (Fsp3) is 0.412. The highest BCUT2D eigenvalue weighted by molar-refractivity contribution is 5.92. The molecule has 0 saturated carbocycles. The zero-order valence-corrected chi connectivity index (χ0v) is 12.7. The van der Waals surface area contributed by atoms with Crippen molar-refractivity contribution in [3.8, 4) is 11.4 Å². The first-order valence-electron chi connectivity index (χ1n) is 7.62. The molecule has 1 amide bonds. The normalized spacial score (nSPS) is 17.5. The summed E-state index contributed by atoms with van der Waals surface area (Å²) < 4.78 is 0. The van der Waals surface area contributed by atoms with Crippen LogP contribution in [0.4, 0.5) is 0 Å². The Bertz CT molecular complexity index is 643. The first kappa shape index (κ1) is 14.8. The number of piperidine rings is 1. The molecule has 0 unspecified atom stereocenters. The Morgan fingerprint density at radius 2 is 2.00 bits per heavy atom. The Balaban J connectivity index is 1.70. The average molecular weight is 299 g/mol. The van der Waals surface area contributed by atoms with E-state index in [0.29, 0.717) is 24.6 Å². The van der Waals surface area contributed by atoms with Crippen LogP contribution in [0.15, 0.2) is 36.5 Å². The number of aliphatic hydroxyl groups is 1. The van der Waals surface area contributed by atoms with E-state index < -0.39 is 0 Å². The van der Waals surface area contributed by atoms with Crippen molar-refractivity contribution in [2.45, 2.75) is 19.8 Å². The molecule has 1 fully saturated rings. The van der Waals surface area contributed by atoms with E-state index >= 15 is 0 Å². The summed E-state index contributed by atoms with van der Waals surface area (Å²) in [5.41, 5.74) is 1.43. The Kier molecular flexibility index (Phi) is 3.98. The van der Waals surface area contributed by atoms with Crippen LogP contribution in [0.25, 0.3) is 11.4 Å². The molecule has 0 aliphatic carbocycles. The maximum absolute atomic E-state index is 12.5. The second-order valence-electron chi connectivity index (χ2n) is 6.27. The number of amides is 1. The van der Waals surface area contributed by atoms with Gasteiger partial charge in [-0.2, -0.15) is 0 Å². The number of aromatic amines is 1. The standard InChI is InChI=1S/C17H21N3O2/c1-17(12-21)7-9-20(10-8-17)16(22)14-11-18-15(19-14)13-5-3-2-4-6-13/h2-6,11,21H,7-10,12H2,1H3,(H,18,19). The van der Waals surface area contributed by atoms with Crippen LogP contribution in [-0.4, -0.2) is 45.6 Å². The van der Waals surface area contributed by atoms with Crippen LogP contribution in [0.2, 0.25) is 0 Å². The summed E-state index contributed by atoms with van der Waals surface area (Å²) in [6.07, 6.45) is 3.26. The summed E-state index contributed by atoms with van der Waals surface area (Å²) in [5, 5.41) is 9.40. The van der Waals surface area contributed by atoms with Crippen molar-refractivity contribution in [2.24, 2.45) is 5.41 Å². The summed E-state index contributed by atoms with van der Waals surface area (Å²) >= 11 is 0. The molecular formula is C17H21N3O2. The molecule has 1 aromatic carbocycles. The van der Waals surface area contributed by atoms with Gasteiger partial charge in [-0.3, -0.25) is 4.79 Å². The minimum absolute atomic E-state index is 0.0188. The first-order chi connectivity index (χ1) is 10.6. The molecule has 2 heterocycles. The van der Waals surface area contributed by atoms with Gasteiger partial charge in [-0.05, 0) is 18.3 Å². The van der Waals surface area contributed by atoms with Gasteiger partial charge in [-0.15, -0.1) is 0 Å². The zero-order valence-electron chi connectivity index (χ0n) is 12.7. The number of nitrogens with zero attached hydrogens (tertiary/aromatic N) is 2. The number of carbonyl (C=O) groups excluding carboxylic acids is 1. The second-order valence-corrected chi connectivity index (χ2v) is 6.27. The second kappa shape index (κ2) is 5.93. The number of rotatable bonds is 3. The Hall–Kier alpha value is -2.14. The van der Waals surface area contributed by atoms with Gasteiger partial charge in [0, 0.05) is 25.3 Å². The fourth-order valence-electron chi connectivity index (χ4n) is 2.75. The van der Waals surface area contributed by atoms with Crippen molar-refractivity contribution in [3.05, 3.63) is 42.2 Å². The Morgan fingerprint density at radius 1 is 1.32 bits per heavy atom. The van der Waals surface area contributed by atoms with Gasteiger partial charge in [0.15, 0.2) is 0 Å². The van der Waals surface area contributed by atoms with Gasteiger partial charge in [0.25, 0.3) is 5.91 Å². The monoisotopic (exact) mass is 299 g/mol. The molecule has 5 nitrogen and oxygen atoms in total. The van der Waals surface area contributed by atoms with Gasteiger partial charge in [0.1, 0.15) is 11.5 Å². The number of benzene rings is 1. The molecule has 0 spiro atoms. The van der Waals surface area contributed by atoms with Crippen LogP contribution in [-0.2, 0) is 0 Å². The van der Waals surface area contributed by atoms with E-state index in [2.05, 4.69) is 16.9 Å². The number of hydrogen-bond donors (Lipinski definition) is 2. The van der Waals surface area contributed by atoms with Gasteiger partial charge in [0.05, 0.1) is 6.20 Å². The highest BCUT2D eigenvalue weighted by Gasteiger charge is 2.32. The van der Waals surface area contributed by atoms with Crippen molar-refractivity contribution in [1.29, 1.82) is 0 Å². The number of carbonyl (C=O) groups is 1. The third-order valence-electron chi connectivity index (χ3n) is 4.49. The third kappa shape index (κ3) is 2.90. The predicted octanol–water partition coefficient (Wildman–Crippen LogP) is 2.31. The number of aliphatic hydroxyl groups excluding tert-OH is 1. The topological polar surface area (TPSA) is 69.2 Å². The lowest BCUT2D eigenvalue weighted by Crippen LogP contribution is -2.43. The maximum atomic E-state index is 12.5. The van der Waals surface area contributed by atoms with Gasteiger partial charge in [-0.25, -0.2) is 4.98 Å². The molecule has 22 heavy (non-hydrogen) atoms. The van der Waals surface area contributed by atoms with E-state index in [-0.39, 0.29) is 17.9 Å². The third-order valence-corrected chi connectivity index (χ3v) is 4.49. The van der Waals surface area contributed by atoms with Gasteiger partial charge >= 0.3 is 0 Å². The number of hydrogen-bond acceptors (Lipinski definition) is 3. The van der Waals surface area contributed by atoms with Crippen LogP contribution in [0.5, 0.6) is 0 Å². The lowest BCUT2D eigenvalue weighted by Gasteiger charge is -2.37. The van der Waals surface area contributed by atoms with Crippen LogP contribution < -0.4 is 0 Å². The number of imidazole rings is 1. The van der Waals surface area contributed by atoms with Crippen LogP contribution in [0.3, 0.4) is 0 Å². The van der Waals surface area contributed by atoms with Crippen LogP contribution in [0, 0.1) is 5.41 Å². The molecule has 1 aromatic heterocycles. The van der Waals surface area contributed by atoms with E-state index in [1.807, 2.05) is 35.2 Å². The average Bonchev–Trinajstić information content (AvgIpc) is 3.06. The molecule has 116 valence electrons. The molecule has 2 aromatic rings. The number of aromatic nitrogens is 2. The van der Waals surface area contributed by atoms with E-state index in [1.54, 1.807) is 6.20 Å². The van der Waals surface area contributed by atoms with Crippen molar-refractivity contribution in [3.63, 3.8) is 0 Å². The van der Waals surface area contributed by atoms with E-state index in [4.69, 9.17) is 0 Å². The van der Waals surface area contributed by atoms with Gasteiger partial charge in [0.2, 0.25) is 0 Å². The molecular weight excluding hydrogens is 278 g/mol. The lowest BCUT2D eigenvalue weighted by molar-refractivity contribution is 0.0436. The Morgan fingerprint density at radius 3 is 2.64 bits per heavy atom. The van der Waals surface area contributed by atoms with Crippen LogP contribution >= 0.6 is 0 Å². The summed E-state index contributed by atoms with van der Waals surface area (Å²) in [5.74, 6) is 0.691. The van der Waals surface area contributed by atoms with Crippen LogP contribution in [0.1, 0.15) is 30.3 Å². The first-order valence-corrected chi connectivity index (χ1v) is 7.62. The SMILES string of the molecule is CC1(CO)CCN(C(=O)c2cnc(-c3ccccc3)[nH]2)CC1. The van der Waals surface area contributed by atoms with Crippen molar-refractivity contribution < 1.29 is 9.90 Å². The zero-order chi connectivity index (χ0) is 15.6. The number of H-pyrrole nitrogens is 1. The van der Waals surface area contributed by atoms with Gasteiger partial charge in [-0.1, -0.05) is 37.3 Å². The summed E-state index contributed by atoms with van der Waals surface area (Å²) in [6.45, 7) is 3.60. The molecule has 1 saturated heterocycles. The lowest BCUT2D eigenvalue weighted by atomic mass is 9.81. The fourth-order valence-corrected chi connectivity index (χ4v) is 2.75. The molecule has 0 radical (unpaired) electrons. The number of likely N-dealkylation sites (tertiary alicyclic amines) is 1. The summed E-state index contributed by atoms with van der Waals surface area (Å²) in [6, 6.07) is 9.76. The molecule has 0 bridgehead atoms. The highest BCUT2D eigenvalue weighted by atomic mass is 16.3. The summed E-state index contributed by atoms with van der Waals surface area (Å²) in [7, 11) is 0. The number of nitrogens with one attached hydrogen (secondary N) is 1. The van der Waals surface area contributed by atoms with Crippen molar-refractivity contribution in [1.82, 2.24) is 14.9 Å². The molecule has 5 heteroatoms. The van der Waals surface area contributed by atoms with Gasteiger partial charge < -0.3 is 15.0 Å². The van der Waals surface area contributed by atoms with E-state index in [0.717, 1.165) is 18.4 Å². The molecule has 2 N–H and O–H groups in total. The van der Waals surface area contributed by atoms with E-state index in [9.17, 15) is 9.90 Å². The molecule has 0 atom stereocenters. The quantitative estimate of drug-likeness (QED) is 0.914. The highest BCUT2D eigenvalue weighted by Crippen LogP contribution is 2.30. The van der Waals surface area contributed by atoms with E-state index in [1.165, 1.54) is 0 Å². The molecule has 1 aliphatic heterocycles. The minimum Gasteiger partial charge on any atom is -0.396 e. The van der Waals surface area contributed by atoms with Crippen molar-refractivity contribution >= 4 is 5.91 Å². The molecule has 3 rings (SSSR count). The molecule has 1 aliphatic rings. The smallest absolute Gasteiger partial charge is 0.271 e. The van der Waals surface area contributed by atoms with Crippen molar-refractivity contribution in [2.75, 3.05) is 19.7 Å². The Labute approximate surface area is 130 Å². The minimum atomic E-state index is -0.0556.